The first kappa shape index (κ1) is 18.2. The highest BCUT2D eigenvalue weighted by atomic mass is 35.5. The monoisotopic (exact) mass is 405 g/mol. The molecule has 3 nitrogen and oxygen atoms in total. The van der Waals surface area contributed by atoms with Gasteiger partial charge in [0.15, 0.2) is 0 Å². The van der Waals surface area contributed by atoms with Crippen LogP contribution in [0.25, 0.3) is 0 Å². The number of carbonyl (C=O) groups excluding carboxylic acids is 1. The van der Waals surface area contributed by atoms with Crippen molar-refractivity contribution in [3.8, 4) is 0 Å². The number of hydrogen-bond acceptors (Lipinski definition) is 4. The normalized spacial score (nSPS) is 22.7. The molecule has 0 aromatic heterocycles. The number of amides is 1. The average Bonchev–Trinajstić information content (AvgIpc) is 2.69. The molecule has 2 aliphatic rings. The largest absolute Gasteiger partial charge is 0.380 e. The van der Waals surface area contributed by atoms with Crippen molar-refractivity contribution in [3.05, 3.63) is 59.1 Å². The minimum absolute atomic E-state index is 0.144. The number of halogens is 1. The van der Waals surface area contributed by atoms with Gasteiger partial charge in [0.2, 0.25) is 0 Å². The van der Waals surface area contributed by atoms with Crippen molar-refractivity contribution in [1.29, 1.82) is 0 Å². The van der Waals surface area contributed by atoms with Crippen molar-refractivity contribution in [1.82, 2.24) is 4.90 Å². The Morgan fingerprint density at radius 3 is 2.54 bits per heavy atom. The molecule has 2 aromatic rings. The van der Waals surface area contributed by atoms with Crippen LogP contribution in [-0.2, 0) is 4.74 Å². The molecule has 2 aliphatic heterocycles. The molecule has 2 fully saturated rings. The standard InChI is InChI=1S/C20H20ClNO2S2/c21-15-3-7-17(8-4-15)26-16-5-1-14(2-6-16)20(23)22-10-12-25-19-13-24-11-9-18(19)22/h1-8,18-19H,9-13H2. The second-order valence-electron chi connectivity index (χ2n) is 6.42. The van der Waals surface area contributed by atoms with Gasteiger partial charge in [-0.1, -0.05) is 23.4 Å². The zero-order chi connectivity index (χ0) is 17.9. The summed E-state index contributed by atoms with van der Waals surface area (Å²) in [5, 5.41) is 1.16. The van der Waals surface area contributed by atoms with E-state index in [1.165, 1.54) is 0 Å². The number of carbonyl (C=O) groups is 1. The molecular formula is C20H20ClNO2S2. The molecule has 0 spiro atoms. The predicted octanol–water partition coefficient (Wildman–Crippen LogP) is 4.84. The summed E-state index contributed by atoms with van der Waals surface area (Å²) < 4.78 is 5.58. The van der Waals surface area contributed by atoms with E-state index in [1.54, 1.807) is 11.8 Å². The Hall–Kier alpha value is -1.14. The van der Waals surface area contributed by atoms with E-state index >= 15 is 0 Å². The molecule has 6 heteroatoms. The fourth-order valence-electron chi connectivity index (χ4n) is 3.41. The third-order valence-electron chi connectivity index (χ3n) is 4.75. The SMILES string of the molecule is O=C(c1ccc(Sc2ccc(Cl)cc2)cc1)N1CCSC2COCCC21. The number of ether oxygens (including phenoxy) is 1. The summed E-state index contributed by atoms with van der Waals surface area (Å²) in [4.78, 5) is 17.3. The highest BCUT2D eigenvalue weighted by Crippen LogP contribution is 2.32. The Morgan fingerprint density at radius 1 is 1.12 bits per heavy atom. The topological polar surface area (TPSA) is 29.5 Å². The molecular weight excluding hydrogens is 386 g/mol. The van der Waals surface area contributed by atoms with Crippen LogP contribution in [0.3, 0.4) is 0 Å². The maximum absolute atomic E-state index is 13.0. The smallest absolute Gasteiger partial charge is 0.254 e. The second kappa shape index (κ2) is 8.26. The Kier molecular flexibility index (Phi) is 5.79. The third kappa shape index (κ3) is 4.06. The van der Waals surface area contributed by atoms with Crippen molar-refractivity contribution >= 4 is 41.0 Å². The highest BCUT2D eigenvalue weighted by Gasteiger charge is 2.37. The van der Waals surface area contributed by atoms with Crippen LogP contribution in [0, 0.1) is 0 Å². The van der Waals surface area contributed by atoms with E-state index in [0.717, 1.165) is 52.3 Å². The van der Waals surface area contributed by atoms with E-state index in [1.807, 2.05) is 60.3 Å². The third-order valence-corrected chi connectivity index (χ3v) is 7.31. The summed E-state index contributed by atoms with van der Waals surface area (Å²) in [6.07, 6.45) is 0.938. The summed E-state index contributed by atoms with van der Waals surface area (Å²) >= 11 is 9.54. The maximum atomic E-state index is 13.0. The number of benzene rings is 2. The van der Waals surface area contributed by atoms with Crippen molar-refractivity contribution in [2.75, 3.05) is 25.5 Å². The van der Waals surface area contributed by atoms with E-state index in [2.05, 4.69) is 4.90 Å². The molecule has 136 valence electrons. The number of hydrogen-bond donors (Lipinski definition) is 0. The minimum Gasteiger partial charge on any atom is -0.380 e. The number of rotatable bonds is 3. The molecule has 0 saturated carbocycles. The number of thioether (sulfide) groups is 1. The zero-order valence-electron chi connectivity index (χ0n) is 14.3. The first-order valence-corrected chi connectivity index (χ1v) is 11.0. The summed E-state index contributed by atoms with van der Waals surface area (Å²) in [6, 6.07) is 16.0. The summed E-state index contributed by atoms with van der Waals surface area (Å²) in [7, 11) is 0. The molecule has 0 aliphatic carbocycles. The van der Waals surface area contributed by atoms with Crippen molar-refractivity contribution in [2.45, 2.75) is 27.5 Å². The van der Waals surface area contributed by atoms with Gasteiger partial charge < -0.3 is 9.64 Å². The van der Waals surface area contributed by atoms with Gasteiger partial charge in [0.25, 0.3) is 5.91 Å². The van der Waals surface area contributed by atoms with Gasteiger partial charge in [-0.2, -0.15) is 11.8 Å². The maximum Gasteiger partial charge on any atom is 0.254 e. The Bertz CT molecular complexity index is 764. The van der Waals surface area contributed by atoms with E-state index in [-0.39, 0.29) is 5.91 Å². The lowest BCUT2D eigenvalue weighted by atomic mass is 10.0. The van der Waals surface area contributed by atoms with Gasteiger partial charge in [0.1, 0.15) is 0 Å². The van der Waals surface area contributed by atoms with Crippen LogP contribution >= 0.6 is 35.1 Å². The quantitative estimate of drug-likeness (QED) is 0.730. The van der Waals surface area contributed by atoms with Crippen molar-refractivity contribution < 1.29 is 9.53 Å². The van der Waals surface area contributed by atoms with Crippen LogP contribution in [0.5, 0.6) is 0 Å². The van der Waals surface area contributed by atoms with E-state index in [4.69, 9.17) is 16.3 Å². The van der Waals surface area contributed by atoms with Gasteiger partial charge in [-0.15, -0.1) is 0 Å². The van der Waals surface area contributed by atoms with Gasteiger partial charge in [-0.3, -0.25) is 4.79 Å². The first-order valence-electron chi connectivity index (χ1n) is 8.74. The van der Waals surface area contributed by atoms with Gasteiger partial charge in [0.05, 0.1) is 6.61 Å². The molecule has 2 saturated heterocycles. The molecule has 1 amide bonds. The molecule has 2 aromatic carbocycles. The second-order valence-corrected chi connectivity index (χ2v) is 9.35. The molecule has 2 heterocycles. The summed E-state index contributed by atoms with van der Waals surface area (Å²) in [5.74, 6) is 1.13. The van der Waals surface area contributed by atoms with Gasteiger partial charge in [-0.25, -0.2) is 0 Å². The molecule has 26 heavy (non-hydrogen) atoms. The van der Waals surface area contributed by atoms with Crippen LogP contribution in [0.1, 0.15) is 16.8 Å². The highest BCUT2D eigenvalue weighted by molar-refractivity contribution is 8.00. The lowest BCUT2D eigenvalue weighted by molar-refractivity contribution is 0.0319. The molecule has 0 radical (unpaired) electrons. The molecule has 2 unspecified atom stereocenters. The van der Waals surface area contributed by atoms with E-state index < -0.39 is 0 Å². The fourth-order valence-corrected chi connectivity index (χ4v) is 5.65. The van der Waals surface area contributed by atoms with Crippen molar-refractivity contribution in [2.24, 2.45) is 0 Å². The summed E-state index contributed by atoms with van der Waals surface area (Å²) in [6.45, 7) is 2.34. The lowest BCUT2D eigenvalue weighted by Gasteiger charge is -2.43. The lowest BCUT2D eigenvalue weighted by Crippen LogP contribution is -2.54. The van der Waals surface area contributed by atoms with E-state index in [9.17, 15) is 4.79 Å². The van der Waals surface area contributed by atoms with Crippen LogP contribution < -0.4 is 0 Å². The molecule has 4 rings (SSSR count). The number of nitrogens with zero attached hydrogens (tertiary/aromatic N) is 1. The molecule has 2 atom stereocenters. The zero-order valence-corrected chi connectivity index (χ0v) is 16.7. The van der Waals surface area contributed by atoms with Crippen molar-refractivity contribution in [3.63, 3.8) is 0 Å². The predicted molar refractivity (Wildman–Crippen MR) is 109 cm³/mol. The molecule has 0 N–H and O–H groups in total. The van der Waals surface area contributed by atoms with Crippen LogP contribution in [0.2, 0.25) is 5.02 Å². The molecule has 0 bridgehead atoms. The Labute approximate surface area is 167 Å². The van der Waals surface area contributed by atoms with Gasteiger partial charge in [-0.05, 0) is 55.0 Å². The van der Waals surface area contributed by atoms with Gasteiger partial charge >= 0.3 is 0 Å². The van der Waals surface area contributed by atoms with Gasteiger partial charge in [0, 0.05) is 50.6 Å². The Morgan fingerprint density at radius 2 is 1.81 bits per heavy atom. The van der Waals surface area contributed by atoms with E-state index in [0.29, 0.717) is 11.3 Å². The summed E-state index contributed by atoms with van der Waals surface area (Å²) in [5.41, 5.74) is 0.766. The van der Waals surface area contributed by atoms with Crippen LogP contribution in [-0.4, -0.2) is 47.6 Å². The first-order chi connectivity index (χ1) is 12.7. The fraction of sp³-hybridized carbons (Fsp3) is 0.350. The minimum atomic E-state index is 0.144. The van der Waals surface area contributed by atoms with Crippen LogP contribution in [0.4, 0.5) is 0 Å². The Balaban J connectivity index is 1.45. The van der Waals surface area contributed by atoms with Crippen LogP contribution in [0.15, 0.2) is 58.3 Å². The average molecular weight is 406 g/mol. The number of fused-ring (bicyclic) bond motifs is 1.